The van der Waals surface area contributed by atoms with Crippen LogP contribution in [-0.2, 0) is 14.2 Å². The lowest BCUT2D eigenvalue weighted by atomic mass is 9.84. The number of amides is 1. The molecule has 1 saturated heterocycles. The Balaban J connectivity index is 1.70. The smallest absolute Gasteiger partial charge is 0.409 e. The first-order chi connectivity index (χ1) is 10.2. The van der Waals surface area contributed by atoms with E-state index in [1.54, 1.807) is 12.0 Å². The number of nitrogens with one attached hydrogen (secondary N) is 1. The molecule has 1 saturated carbocycles. The van der Waals surface area contributed by atoms with Gasteiger partial charge in [0.1, 0.15) is 0 Å². The van der Waals surface area contributed by atoms with Crippen LogP contribution in [0.15, 0.2) is 0 Å². The van der Waals surface area contributed by atoms with Gasteiger partial charge in [-0.2, -0.15) is 0 Å². The fourth-order valence-corrected chi connectivity index (χ4v) is 3.18. The topological polar surface area (TPSA) is 60.0 Å². The number of carbonyl (C=O) groups excluding carboxylic acids is 1. The van der Waals surface area contributed by atoms with Crippen LogP contribution in [0.4, 0.5) is 4.79 Å². The molecule has 0 spiro atoms. The van der Waals surface area contributed by atoms with E-state index >= 15 is 0 Å². The summed E-state index contributed by atoms with van der Waals surface area (Å²) in [7, 11) is 1.74. The van der Waals surface area contributed by atoms with Crippen molar-refractivity contribution in [1.82, 2.24) is 10.2 Å². The molecule has 2 rings (SSSR count). The monoisotopic (exact) mass is 300 g/mol. The highest BCUT2D eigenvalue weighted by Gasteiger charge is 2.43. The molecule has 0 radical (unpaired) electrons. The fourth-order valence-electron chi connectivity index (χ4n) is 3.18. The van der Waals surface area contributed by atoms with Crippen molar-refractivity contribution in [2.24, 2.45) is 0 Å². The Hall–Kier alpha value is -0.850. The number of methoxy groups -OCH3 is 1. The van der Waals surface area contributed by atoms with Gasteiger partial charge in [0.25, 0.3) is 0 Å². The van der Waals surface area contributed by atoms with Gasteiger partial charge in [-0.25, -0.2) is 4.79 Å². The lowest BCUT2D eigenvalue weighted by Gasteiger charge is -2.46. The standard InChI is InChI=1S/C15H28N2O4/c1-4-20-13-10-12(14(13)19-3)16-11-6-8-17(9-7-11)15(18)21-5-2/h11-14,16H,4-10H2,1-3H3. The van der Waals surface area contributed by atoms with Crippen molar-refractivity contribution >= 4 is 6.09 Å². The van der Waals surface area contributed by atoms with Crippen LogP contribution in [0.1, 0.15) is 33.1 Å². The van der Waals surface area contributed by atoms with Crippen LogP contribution >= 0.6 is 0 Å². The summed E-state index contributed by atoms with van der Waals surface area (Å²) in [5.41, 5.74) is 0. The average Bonchev–Trinajstić information content (AvgIpc) is 2.47. The predicted octanol–water partition coefficient (Wildman–Crippen LogP) is 1.39. The molecule has 6 heteroatoms. The zero-order valence-electron chi connectivity index (χ0n) is 13.3. The molecule has 1 amide bonds. The van der Waals surface area contributed by atoms with E-state index in [2.05, 4.69) is 5.32 Å². The number of rotatable bonds is 6. The molecule has 1 N–H and O–H groups in total. The molecule has 0 bridgehead atoms. The molecule has 1 aliphatic carbocycles. The first kappa shape index (κ1) is 16.5. The molecule has 2 fully saturated rings. The Labute approximate surface area is 127 Å². The second-order valence-corrected chi connectivity index (χ2v) is 5.66. The van der Waals surface area contributed by atoms with Crippen LogP contribution in [0.3, 0.4) is 0 Å². The van der Waals surface area contributed by atoms with E-state index in [0.29, 0.717) is 18.7 Å². The predicted molar refractivity (Wildman–Crippen MR) is 79.4 cm³/mol. The summed E-state index contributed by atoms with van der Waals surface area (Å²) in [6.45, 7) is 6.54. The Morgan fingerprint density at radius 1 is 1.24 bits per heavy atom. The number of ether oxygens (including phenoxy) is 3. The number of piperidine rings is 1. The van der Waals surface area contributed by atoms with Crippen molar-refractivity contribution in [3.63, 3.8) is 0 Å². The summed E-state index contributed by atoms with van der Waals surface area (Å²) >= 11 is 0. The van der Waals surface area contributed by atoms with Gasteiger partial charge in [0.2, 0.25) is 0 Å². The van der Waals surface area contributed by atoms with Gasteiger partial charge in [-0.05, 0) is 33.1 Å². The molecule has 3 atom stereocenters. The van der Waals surface area contributed by atoms with Crippen LogP contribution in [-0.4, -0.2) is 68.7 Å². The first-order valence-corrected chi connectivity index (χ1v) is 8.01. The van der Waals surface area contributed by atoms with Gasteiger partial charge in [0.15, 0.2) is 0 Å². The maximum absolute atomic E-state index is 11.7. The van der Waals surface area contributed by atoms with E-state index in [0.717, 1.165) is 39.0 Å². The summed E-state index contributed by atoms with van der Waals surface area (Å²) < 4.78 is 16.2. The molecule has 2 aliphatic rings. The molecular weight excluding hydrogens is 272 g/mol. The largest absolute Gasteiger partial charge is 0.450 e. The normalized spacial score (nSPS) is 30.0. The van der Waals surface area contributed by atoms with Crippen LogP contribution in [0.2, 0.25) is 0 Å². The molecule has 0 aromatic heterocycles. The Bertz CT molecular complexity index is 332. The summed E-state index contributed by atoms with van der Waals surface area (Å²) in [6, 6.07) is 0.812. The van der Waals surface area contributed by atoms with Gasteiger partial charge in [0, 0.05) is 38.9 Å². The number of hydrogen-bond acceptors (Lipinski definition) is 5. The highest BCUT2D eigenvalue weighted by Crippen LogP contribution is 2.28. The Morgan fingerprint density at radius 3 is 2.52 bits per heavy atom. The average molecular weight is 300 g/mol. The van der Waals surface area contributed by atoms with E-state index in [4.69, 9.17) is 14.2 Å². The van der Waals surface area contributed by atoms with Gasteiger partial charge >= 0.3 is 6.09 Å². The number of carbonyl (C=O) groups is 1. The molecular formula is C15H28N2O4. The summed E-state index contributed by atoms with van der Waals surface area (Å²) in [5, 5.41) is 3.65. The third-order valence-electron chi connectivity index (χ3n) is 4.37. The number of likely N-dealkylation sites (tertiary alicyclic amines) is 1. The second-order valence-electron chi connectivity index (χ2n) is 5.66. The number of hydrogen-bond donors (Lipinski definition) is 1. The van der Waals surface area contributed by atoms with E-state index in [9.17, 15) is 4.79 Å². The molecule has 0 aromatic carbocycles. The molecule has 0 aromatic rings. The van der Waals surface area contributed by atoms with E-state index in [-0.39, 0.29) is 18.3 Å². The summed E-state index contributed by atoms with van der Waals surface area (Å²) in [5.74, 6) is 0. The van der Waals surface area contributed by atoms with Crippen molar-refractivity contribution in [2.75, 3.05) is 33.4 Å². The van der Waals surface area contributed by atoms with Crippen LogP contribution in [0, 0.1) is 0 Å². The van der Waals surface area contributed by atoms with Gasteiger partial charge in [-0.15, -0.1) is 0 Å². The van der Waals surface area contributed by atoms with Crippen molar-refractivity contribution < 1.29 is 19.0 Å². The highest BCUT2D eigenvalue weighted by atomic mass is 16.6. The van der Waals surface area contributed by atoms with Crippen LogP contribution in [0.5, 0.6) is 0 Å². The van der Waals surface area contributed by atoms with Gasteiger partial charge in [-0.3, -0.25) is 0 Å². The minimum absolute atomic E-state index is 0.146. The maximum Gasteiger partial charge on any atom is 0.409 e. The van der Waals surface area contributed by atoms with Crippen molar-refractivity contribution in [1.29, 1.82) is 0 Å². The third-order valence-corrected chi connectivity index (χ3v) is 4.37. The highest BCUT2D eigenvalue weighted by molar-refractivity contribution is 5.67. The first-order valence-electron chi connectivity index (χ1n) is 8.01. The molecule has 1 heterocycles. The molecule has 21 heavy (non-hydrogen) atoms. The van der Waals surface area contributed by atoms with Gasteiger partial charge < -0.3 is 24.4 Å². The lowest BCUT2D eigenvalue weighted by molar-refractivity contribution is -0.133. The zero-order valence-corrected chi connectivity index (χ0v) is 13.3. The molecule has 1 aliphatic heterocycles. The van der Waals surface area contributed by atoms with Crippen LogP contribution < -0.4 is 5.32 Å². The second kappa shape index (κ2) is 7.96. The van der Waals surface area contributed by atoms with E-state index < -0.39 is 0 Å². The summed E-state index contributed by atoms with van der Waals surface area (Å²) in [4.78, 5) is 13.4. The Kier molecular flexibility index (Phi) is 6.26. The fraction of sp³-hybridized carbons (Fsp3) is 0.933. The van der Waals surface area contributed by atoms with Crippen molar-refractivity contribution in [2.45, 2.75) is 57.4 Å². The third kappa shape index (κ3) is 4.08. The molecule has 6 nitrogen and oxygen atoms in total. The van der Waals surface area contributed by atoms with E-state index in [1.165, 1.54) is 0 Å². The minimum Gasteiger partial charge on any atom is -0.450 e. The van der Waals surface area contributed by atoms with Gasteiger partial charge in [-0.1, -0.05) is 0 Å². The maximum atomic E-state index is 11.7. The number of nitrogens with zero attached hydrogens (tertiary/aromatic N) is 1. The SMILES string of the molecule is CCOC(=O)N1CCC(NC2CC(OCC)C2OC)CC1. The quantitative estimate of drug-likeness (QED) is 0.803. The minimum atomic E-state index is -0.189. The zero-order chi connectivity index (χ0) is 15.2. The molecule has 3 unspecified atom stereocenters. The van der Waals surface area contributed by atoms with Crippen molar-refractivity contribution in [3.8, 4) is 0 Å². The van der Waals surface area contributed by atoms with Crippen LogP contribution in [0.25, 0.3) is 0 Å². The molecule has 122 valence electrons. The van der Waals surface area contributed by atoms with E-state index in [1.807, 2.05) is 13.8 Å². The van der Waals surface area contributed by atoms with Gasteiger partial charge in [0.05, 0.1) is 18.8 Å². The van der Waals surface area contributed by atoms with Crippen molar-refractivity contribution in [3.05, 3.63) is 0 Å². The Morgan fingerprint density at radius 2 is 1.95 bits per heavy atom. The summed E-state index contributed by atoms with van der Waals surface area (Å²) in [6.07, 6.45) is 3.11. The lowest BCUT2D eigenvalue weighted by Crippen LogP contribution is -2.62.